The van der Waals surface area contributed by atoms with E-state index in [1.807, 2.05) is 60.8 Å². The Morgan fingerprint density at radius 3 is 2.47 bits per heavy atom. The standard InChI is InChI=1S/C24H26ClN5O2/c25-20-5-4-8-22(15-20)28-11-13-29(14-12-28)24(32)17-26-23(31)10-9-19-16-27-30(18-19)21-6-2-1-3-7-21/h1-8,15-16,18H,9-14,17H2,(H,26,31). The third kappa shape index (κ3) is 5.68. The van der Waals surface area contributed by atoms with E-state index in [1.165, 1.54) is 0 Å². The summed E-state index contributed by atoms with van der Waals surface area (Å²) in [6.07, 6.45) is 4.58. The molecular weight excluding hydrogens is 426 g/mol. The van der Waals surface area contributed by atoms with E-state index in [0.29, 0.717) is 31.0 Å². The van der Waals surface area contributed by atoms with Crippen molar-refractivity contribution in [2.45, 2.75) is 12.8 Å². The Morgan fingerprint density at radius 1 is 0.969 bits per heavy atom. The molecule has 1 fully saturated rings. The van der Waals surface area contributed by atoms with Gasteiger partial charge in [0.1, 0.15) is 0 Å². The molecular formula is C24H26ClN5O2. The minimum absolute atomic E-state index is 0.0271. The lowest BCUT2D eigenvalue weighted by molar-refractivity contribution is -0.133. The first kappa shape index (κ1) is 21.9. The SMILES string of the molecule is O=C(CCc1cnn(-c2ccccc2)c1)NCC(=O)N1CCN(c2cccc(Cl)c2)CC1. The molecule has 0 radical (unpaired) electrons. The first-order valence-corrected chi connectivity index (χ1v) is 11.1. The Bertz CT molecular complexity index is 1060. The van der Waals surface area contributed by atoms with Crippen molar-refractivity contribution in [2.24, 2.45) is 0 Å². The van der Waals surface area contributed by atoms with Gasteiger partial charge in [-0.05, 0) is 42.3 Å². The number of anilines is 1. The summed E-state index contributed by atoms with van der Waals surface area (Å²) in [5.41, 5.74) is 3.02. The number of benzene rings is 2. The third-order valence-electron chi connectivity index (χ3n) is 5.54. The van der Waals surface area contributed by atoms with E-state index in [4.69, 9.17) is 11.6 Å². The van der Waals surface area contributed by atoms with Gasteiger partial charge in [-0.25, -0.2) is 4.68 Å². The van der Waals surface area contributed by atoms with E-state index in [0.717, 1.165) is 30.0 Å². The van der Waals surface area contributed by atoms with Crippen LogP contribution >= 0.6 is 11.6 Å². The van der Waals surface area contributed by atoms with Gasteiger partial charge in [-0.1, -0.05) is 35.9 Å². The van der Waals surface area contributed by atoms with E-state index >= 15 is 0 Å². The fourth-order valence-electron chi connectivity index (χ4n) is 3.73. The number of hydrogen-bond donors (Lipinski definition) is 1. The molecule has 0 saturated carbocycles. The fraction of sp³-hybridized carbons (Fsp3) is 0.292. The van der Waals surface area contributed by atoms with Crippen LogP contribution in [0.1, 0.15) is 12.0 Å². The average Bonchev–Trinajstić information content (AvgIpc) is 3.31. The second-order valence-corrected chi connectivity index (χ2v) is 8.19. The van der Waals surface area contributed by atoms with Crippen LogP contribution < -0.4 is 10.2 Å². The molecule has 3 aromatic rings. The summed E-state index contributed by atoms with van der Waals surface area (Å²) in [6.45, 7) is 2.76. The van der Waals surface area contributed by atoms with Crippen molar-refractivity contribution in [3.8, 4) is 5.69 Å². The Hall–Kier alpha value is -3.32. The molecule has 1 aromatic heterocycles. The molecule has 2 heterocycles. The van der Waals surface area contributed by atoms with E-state index < -0.39 is 0 Å². The van der Waals surface area contributed by atoms with E-state index in [-0.39, 0.29) is 18.4 Å². The third-order valence-corrected chi connectivity index (χ3v) is 5.78. The van der Waals surface area contributed by atoms with Crippen molar-refractivity contribution in [1.82, 2.24) is 20.0 Å². The number of hydrogen-bond acceptors (Lipinski definition) is 4. The Balaban J connectivity index is 1.18. The van der Waals surface area contributed by atoms with Gasteiger partial charge < -0.3 is 15.1 Å². The van der Waals surface area contributed by atoms with E-state index in [9.17, 15) is 9.59 Å². The lowest BCUT2D eigenvalue weighted by Crippen LogP contribution is -2.51. The van der Waals surface area contributed by atoms with Gasteiger partial charge in [0.2, 0.25) is 11.8 Å². The van der Waals surface area contributed by atoms with Gasteiger partial charge in [-0.15, -0.1) is 0 Å². The molecule has 1 saturated heterocycles. The van der Waals surface area contributed by atoms with Crippen molar-refractivity contribution in [3.05, 3.63) is 77.6 Å². The maximum Gasteiger partial charge on any atom is 0.242 e. The molecule has 8 heteroatoms. The molecule has 1 N–H and O–H groups in total. The highest BCUT2D eigenvalue weighted by Gasteiger charge is 2.21. The number of carbonyl (C=O) groups excluding carboxylic acids is 2. The molecule has 0 aliphatic carbocycles. The quantitative estimate of drug-likeness (QED) is 0.599. The van der Waals surface area contributed by atoms with Gasteiger partial charge in [0.15, 0.2) is 0 Å². The van der Waals surface area contributed by atoms with Crippen LogP contribution in [-0.2, 0) is 16.0 Å². The molecule has 4 rings (SSSR count). The minimum atomic E-state index is -0.136. The summed E-state index contributed by atoms with van der Waals surface area (Å²) in [5, 5.41) is 7.80. The summed E-state index contributed by atoms with van der Waals surface area (Å²) in [6, 6.07) is 17.6. The number of piperazine rings is 1. The van der Waals surface area contributed by atoms with Gasteiger partial charge in [0.05, 0.1) is 18.4 Å². The number of carbonyl (C=O) groups is 2. The second-order valence-electron chi connectivity index (χ2n) is 7.75. The molecule has 2 aromatic carbocycles. The number of rotatable bonds is 7. The van der Waals surface area contributed by atoms with Crippen molar-refractivity contribution < 1.29 is 9.59 Å². The van der Waals surface area contributed by atoms with Gasteiger partial charge >= 0.3 is 0 Å². The molecule has 0 atom stereocenters. The van der Waals surface area contributed by atoms with Crippen molar-refractivity contribution in [2.75, 3.05) is 37.6 Å². The van der Waals surface area contributed by atoms with Crippen molar-refractivity contribution >= 4 is 29.1 Å². The molecule has 0 bridgehead atoms. The topological polar surface area (TPSA) is 70.5 Å². The van der Waals surface area contributed by atoms with Gasteiger partial charge in [-0.3, -0.25) is 9.59 Å². The maximum absolute atomic E-state index is 12.5. The van der Waals surface area contributed by atoms with Gasteiger partial charge in [-0.2, -0.15) is 5.10 Å². The van der Waals surface area contributed by atoms with E-state index in [2.05, 4.69) is 15.3 Å². The Kier molecular flexibility index (Phi) is 7.07. The molecule has 1 aliphatic rings. The number of halogens is 1. The van der Waals surface area contributed by atoms with Crippen LogP contribution in [0.3, 0.4) is 0 Å². The molecule has 0 spiro atoms. The van der Waals surface area contributed by atoms with Gasteiger partial charge in [0.25, 0.3) is 0 Å². The monoisotopic (exact) mass is 451 g/mol. The predicted octanol–water partition coefficient (Wildman–Crippen LogP) is 2.92. The number of para-hydroxylation sites is 1. The van der Waals surface area contributed by atoms with Crippen LogP contribution in [0, 0.1) is 0 Å². The highest BCUT2D eigenvalue weighted by atomic mass is 35.5. The van der Waals surface area contributed by atoms with Crippen LogP contribution in [0.4, 0.5) is 5.69 Å². The molecule has 2 amide bonds. The van der Waals surface area contributed by atoms with Crippen LogP contribution in [0.25, 0.3) is 5.69 Å². The lowest BCUT2D eigenvalue weighted by atomic mass is 10.2. The zero-order valence-electron chi connectivity index (χ0n) is 17.8. The average molecular weight is 452 g/mol. The number of amides is 2. The zero-order valence-corrected chi connectivity index (χ0v) is 18.5. The molecule has 0 unspecified atom stereocenters. The van der Waals surface area contributed by atoms with Crippen molar-refractivity contribution in [1.29, 1.82) is 0 Å². The van der Waals surface area contributed by atoms with Crippen LogP contribution in [0.5, 0.6) is 0 Å². The lowest BCUT2D eigenvalue weighted by Gasteiger charge is -2.36. The fourth-order valence-corrected chi connectivity index (χ4v) is 3.91. The maximum atomic E-state index is 12.5. The Labute approximate surface area is 192 Å². The number of aromatic nitrogens is 2. The number of nitrogens with one attached hydrogen (secondary N) is 1. The summed E-state index contributed by atoms with van der Waals surface area (Å²) in [4.78, 5) is 28.7. The first-order chi connectivity index (χ1) is 15.6. The second kappa shape index (κ2) is 10.3. The summed E-state index contributed by atoms with van der Waals surface area (Å²) >= 11 is 6.07. The van der Waals surface area contributed by atoms with E-state index in [1.54, 1.807) is 15.8 Å². The van der Waals surface area contributed by atoms with Crippen LogP contribution in [0.15, 0.2) is 67.0 Å². The summed E-state index contributed by atoms with van der Waals surface area (Å²) in [7, 11) is 0. The highest BCUT2D eigenvalue weighted by molar-refractivity contribution is 6.30. The molecule has 7 nitrogen and oxygen atoms in total. The molecule has 1 aliphatic heterocycles. The molecule has 166 valence electrons. The predicted molar refractivity (Wildman–Crippen MR) is 125 cm³/mol. The smallest absolute Gasteiger partial charge is 0.242 e. The van der Waals surface area contributed by atoms with Crippen molar-refractivity contribution in [3.63, 3.8) is 0 Å². The normalized spacial score (nSPS) is 13.8. The Morgan fingerprint density at radius 2 is 1.72 bits per heavy atom. The molecule has 32 heavy (non-hydrogen) atoms. The zero-order chi connectivity index (χ0) is 22.3. The van der Waals surface area contributed by atoms with Gasteiger partial charge in [0, 0.05) is 49.5 Å². The number of nitrogens with zero attached hydrogens (tertiary/aromatic N) is 4. The van der Waals surface area contributed by atoms with Crippen LogP contribution in [-0.4, -0.2) is 59.2 Å². The highest BCUT2D eigenvalue weighted by Crippen LogP contribution is 2.20. The van der Waals surface area contributed by atoms with Crippen LogP contribution in [0.2, 0.25) is 5.02 Å². The first-order valence-electron chi connectivity index (χ1n) is 10.7. The summed E-state index contributed by atoms with van der Waals surface area (Å²) in [5.74, 6) is -0.190. The largest absolute Gasteiger partial charge is 0.368 e. The minimum Gasteiger partial charge on any atom is -0.368 e. The summed E-state index contributed by atoms with van der Waals surface area (Å²) < 4.78 is 1.79. The number of aryl methyl sites for hydroxylation is 1.